The molecule has 2 N–H and O–H groups in total. The molecule has 9 heteroatoms. The third kappa shape index (κ3) is 6.13. The maximum Gasteiger partial charge on any atom is 0.309 e. The molecule has 9 nitrogen and oxygen atoms in total. The van der Waals surface area contributed by atoms with Gasteiger partial charge in [-0.2, -0.15) is 0 Å². The van der Waals surface area contributed by atoms with Crippen LogP contribution < -0.4 is 25.1 Å². The Balaban J connectivity index is 1.31. The average molecular weight is 414 g/mol. The Morgan fingerprint density at radius 2 is 1.87 bits per heavy atom. The summed E-state index contributed by atoms with van der Waals surface area (Å²) in [5, 5.41) is 0. The van der Waals surface area contributed by atoms with Crippen LogP contribution in [0.1, 0.15) is 12.0 Å². The van der Waals surface area contributed by atoms with Crippen LogP contribution in [0, 0.1) is 6.92 Å². The molecule has 2 aromatic rings. The molecule has 30 heavy (non-hydrogen) atoms. The van der Waals surface area contributed by atoms with E-state index in [0.717, 1.165) is 5.56 Å². The highest BCUT2D eigenvalue weighted by atomic mass is 16.6. The van der Waals surface area contributed by atoms with Gasteiger partial charge in [-0.05, 0) is 36.8 Å². The number of benzene rings is 2. The summed E-state index contributed by atoms with van der Waals surface area (Å²) < 4.78 is 21.3. The largest absolute Gasteiger partial charge is 0.493 e. The van der Waals surface area contributed by atoms with Crippen molar-refractivity contribution in [3.8, 4) is 17.2 Å². The highest BCUT2D eigenvalue weighted by molar-refractivity contribution is 5.86. The van der Waals surface area contributed by atoms with Crippen LogP contribution in [-0.2, 0) is 19.1 Å². The molecule has 1 aliphatic heterocycles. The summed E-state index contributed by atoms with van der Waals surface area (Å²) in [6.45, 7) is 1.54. The van der Waals surface area contributed by atoms with Crippen LogP contribution in [0.5, 0.6) is 17.2 Å². The average Bonchev–Trinajstić information content (AvgIpc) is 2.75. The van der Waals surface area contributed by atoms with E-state index in [1.165, 1.54) is 0 Å². The van der Waals surface area contributed by atoms with E-state index >= 15 is 0 Å². The molecular weight excluding hydrogens is 392 g/mol. The molecule has 1 heterocycles. The Morgan fingerprint density at radius 3 is 2.67 bits per heavy atom. The molecule has 0 radical (unpaired) electrons. The van der Waals surface area contributed by atoms with Crippen LogP contribution in [0.15, 0.2) is 48.5 Å². The van der Waals surface area contributed by atoms with Gasteiger partial charge in [-0.1, -0.05) is 24.3 Å². The van der Waals surface area contributed by atoms with Crippen molar-refractivity contribution in [1.82, 2.24) is 10.9 Å². The maximum atomic E-state index is 12.1. The van der Waals surface area contributed by atoms with Gasteiger partial charge >= 0.3 is 5.97 Å². The number of hydrogen-bond donors (Lipinski definition) is 2. The van der Waals surface area contributed by atoms with Crippen LogP contribution in [0.25, 0.3) is 0 Å². The van der Waals surface area contributed by atoms with E-state index in [0.29, 0.717) is 17.2 Å². The number of hydrogen-bond acceptors (Lipinski definition) is 7. The molecule has 2 amide bonds. The van der Waals surface area contributed by atoms with E-state index in [2.05, 4.69) is 10.9 Å². The molecule has 0 aromatic heterocycles. The molecule has 0 fully saturated rings. The van der Waals surface area contributed by atoms with E-state index < -0.39 is 30.5 Å². The topological polar surface area (TPSA) is 112 Å². The lowest BCUT2D eigenvalue weighted by atomic mass is 10.2. The van der Waals surface area contributed by atoms with Gasteiger partial charge < -0.3 is 18.9 Å². The van der Waals surface area contributed by atoms with Crippen molar-refractivity contribution in [2.75, 3.05) is 19.8 Å². The fraction of sp³-hybridized carbons (Fsp3) is 0.286. The Labute approximate surface area is 173 Å². The van der Waals surface area contributed by atoms with Crippen LogP contribution >= 0.6 is 0 Å². The molecule has 0 aliphatic carbocycles. The maximum absolute atomic E-state index is 12.1. The first-order valence-electron chi connectivity index (χ1n) is 9.33. The summed E-state index contributed by atoms with van der Waals surface area (Å²) >= 11 is 0. The SMILES string of the molecule is Cc1cccc(OCCC(=O)OCC(=O)NNC(=O)[C@@H]2COc3ccccc3O2)c1. The third-order valence-corrected chi connectivity index (χ3v) is 4.05. The summed E-state index contributed by atoms with van der Waals surface area (Å²) in [5.41, 5.74) is 5.43. The summed E-state index contributed by atoms with van der Waals surface area (Å²) in [7, 11) is 0. The number of amides is 2. The number of ether oxygens (including phenoxy) is 4. The minimum absolute atomic E-state index is 0.00857. The van der Waals surface area contributed by atoms with Crippen molar-refractivity contribution in [3.05, 3.63) is 54.1 Å². The highest BCUT2D eigenvalue weighted by Crippen LogP contribution is 2.30. The first-order valence-corrected chi connectivity index (χ1v) is 9.33. The number of nitrogens with one attached hydrogen (secondary N) is 2. The zero-order chi connectivity index (χ0) is 21.3. The number of para-hydroxylation sites is 2. The number of hydrazine groups is 1. The van der Waals surface area contributed by atoms with E-state index in [1.54, 1.807) is 30.3 Å². The molecule has 2 aromatic carbocycles. The first kappa shape index (κ1) is 21.0. The number of carbonyl (C=O) groups is 3. The second kappa shape index (κ2) is 10.1. The Morgan fingerprint density at radius 1 is 1.07 bits per heavy atom. The van der Waals surface area contributed by atoms with Crippen LogP contribution in [0.3, 0.4) is 0 Å². The first-order chi connectivity index (χ1) is 14.5. The highest BCUT2D eigenvalue weighted by Gasteiger charge is 2.27. The number of fused-ring (bicyclic) bond motifs is 1. The number of carbonyl (C=O) groups excluding carboxylic acids is 3. The molecule has 1 atom stereocenters. The molecule has 1 aliphatic rings. The standard InChI is InChI=1S/C21H22N2O7/c1-14-5-4-6-15(11-14)27-10-9-20(25)29-13-19(24)22-23-21(26)18-12-28-16-7-2-3-8-17(16)30-18/h2-8,11,18H,9-10,12-13H2,1H3,(H,22,24)(H,23,26)/t18-/m0/s1. The fourth-order valence-corrected chi connectivity index (χ4v) is 2.57. The van der Waals surface area contributed by atoms with Gasteiger partial charge in [-0.3, -0.25) is 25.2 Å². The summed E-state index contributed by atoms with van der Waals surface area (Å²) in [6, 6.07) is 14.4. The van der Waals surface area contributed by atoms with Crippen molar-refractivity contribution in [2.24, 2.45) is 0 Å². The molecule has 158 valence electrons. The van der Waals surface area contributed by atoms with Crippen LogP contribution in [0.2, 0.25) is 0 Å². The number of esters is 1. The van der Waals surface area contributed by atoms with Gasteiger partial charge in [0.15, 0.2) is 18.1 Å². The molecule has 0 saturated heterocycles. The van der Waals surface area contributed by atoms with Crippen molar-refractivity contribution >= 4 is 17.8 Å². The summed E-state index contributed by atoms with van der Waals surface area (Å²) in [5.74, 6) is -0.227. The van der Waals surface area contributed by atoms with Crippen molar-refractivity contribution in [3.63, 3.8) is 0 Å². The molecule has 0 spiro atoms. The third-order valence-electron chi connectivity index (χ3n) is 4.05. The van der Waals surface area contributed by atoms with Crippen molar-refractivity contribution < 1.29 is 33.3 Å². The van der Waals surface area contributed by atoms with Crippen molar-refractivity contribution in [2.45, 2.75) is 19.4 Å². The smallest absolute Gasteiger partial charge is 0.309 e. The lowest BCUT2D eigenvalue weighted by Gasteiger charge is -2.25. The molecule has 0 bridgehead atoms. The van der Waals surface area contributed by atoms with Gasteiger partial charge in [0, 0.05) is 0 Å². The summed E-state index contributed by atoms with van der Waals surface area (Å²) in [6.07, 6.45) is -0.929. The molecule has 0 unspecified atom stereocenters. The second-order valence-electron chi connectivity index (χ2n) is 6.48. The van der Waals surface area contributed by atoms with Crippen LogP contribution in [-0.4, -0.2) is 43.7 Å². The number of aryl methyl sites for hydroxylation is 1. The second-order valence-corrected chi connectivity index (χ2v) is 6.48. The van der Waals surface area contributed by atoms with Crippen LogP contribution in [0.4, 0.5) is 0 Å². The van der Waals surface area contributed by atoms with E-state index in [4.69, 9.17) is 18.9 Å². The Kier molecular flexibility index (Phi) is 7.09. The Bertz CT molecular complexity index is 916. The number of rotatable bonds is 7. The molecular formula is C21H22N2O7. The van der Waals surface area contributed by atoms with Gasteiger partial charge in [0.1, 0.15) is 12.4 Å². The molecule has 3 rings (SSSR count). The Hall–Kier alpha value is -3.75. The van der Waals surface area contributed by atoms with E-state index in [1.807, 2.05) is 25.1 Å². The van der Waals surface area contributed by atoms with E-state index in [9.17, 15) is 14.4 Å². The van der Waals surface area contributed by atoms with E-state index in [-0.39, 0.29) is 19.6 Å². The predicted octanol–water partition coefficient (Wildman–Crippen LogP) is 1.29. The zero-order valence-electron chi connectivity index (χ0n) is 16.4. The fourth-order valence-electron chi connectivity index (χ4n) is 2.57. The van der Waals surface area contributed by atoms with Crippen molar-refractivity contribution in [1.29, 1.82) is 0 Å². The predicted molar refractivity (Wildman–Crippen MR) is 105 cm³/mol. The minimum Gasteiger partial charge on any atom is -0.493 e. The lowest BCUT2D eigenvalue weighted by molar-refractivity contribution is -0.149. The minimum atomic E-state index is -0.915. The quantitative estimate of drug-likeness (QED) is 0.519. The van der Waals surface area contributed by atoms with Gasteiger partial charge in [0.2, 0.25) is 6.10 Å². The summed E-state index contributed by atoms with van der Waals surface area (Å²) in [4.78, 5) is 35.6. The van der Waals surface area contributed by atoms with Gasteiger partial charge in [0.25, 0.3) is 11.8 Å². The van der Waals surface area contributed by atoms with Gasteiger partial charge in [-0.25, -0.2) is 0 Å². The normalized spacial score (nSPS) is 14.4. The van der Waals surface area contributed by atoms with Gasteiger partial charge in [-0.15, -0.1) is 0 Å². The zero-order valence-corrected chi connectivity index (χ0v) is 16.4. The lowest BCUT2D eigenvalue weighted by Crippen LogP contribution is -2.51. The monoisotopic (exact) mass is 414 g/mol. The van der Waals surface area contributed by atoms with Gasteiger partial charge in [0.05, 0.1) is 13.0 Å². The molecule has 0 saturated carbocycles.